The van der Waals surface area contributed by atoms with Crippen molar-refractivity contribution in [1.29, 1.82) is 0 Å². The van der Waals surface area contributed by atoms with Gasteiger partial charge in [-0.2, -0.15) is 4.31 Å². The van der Waals surface area contributed by atoms with E-state index in [1.165, 1.54) is 16.4 Å². The second kappa shape index (κ2) is 11.5. The average Bonchev–Trinajstić information content (AvgIpc) is 3.13. The van der Waals surface area contributed by atoms with Crippen molar-refractivity contribution >= 4 is 27.5 Å². The number of hydrogen-bond donors (Lipinski definition) is 2. The van der Waals surface area contributed by atoms with Crippen LogP contribution in [0, 0.1) is 5.92 Å². The summed E-state index contributed by atoms with van der Waals surface area (Å²) >= 11 is 0. The van der Waals surface area contributed by atoms with Gasteiger partial charge in [0, 0.05) is 24.3 Å². The number of sulfonamides is 1. The zero-order chi connectivity index (χ0) is 24.7. The number of amides is 2. The van der Waals surface area contributed by atoms with Gasteiger partial charge in [-0.15, -0.1) is 0 Å². The van der Waals surface area contributed by atoms with Crippen LogP contribution in [0.3, 0.4) is 0 Å². The lowest BCUT2D eigenvalue weighted by Gasteiger charge is -2.22. The molecule has 1 fully saturated rings. The van der Waals surface area contributed by atoms with Crippen molar-refractivity contribution in [3.8, 4) is 5.75 Å². The van der Waals surface area contributed by atoms with Crippen molar-refractivity contribution in [2.24, 2.45) is 5.92 Å². The standard InChI is InChI=1S/C25H33N3O5S/c1-18(2)23(27-24(29)19-8-12-21(33-3)13-9-19)25(30)26-20-10-14-22(15-11-20)34(31,32)28-16-6-4-5-7-17-28/h8-15,18,23H,4-7,16-17H2,1-3H3,(H,26,30)(H,27,29). The van der Waals surface area contributed by atoms with Gasteiger partial charge < -0.3 is 15.4 Å². The van der Waals surface area contributed by atoms with Gasteiger partial charge in [-0.05, 0) is 67.3 Å². The van der Waals surface area contributed by atoms with Crippen molar-refractivity contribution in [3.05, 3.63) is 54.1 Å². The summed E-state index contributed by atoms with van der Waals surface area (Å²) in [6, 6.07) is 12.0. The van der Waals surface area contributed by atoms with Gasteiger partial charge in [0.2, 0.25) is 15.9 Å². The second-order valence-electron chi connectivity index (χ2n) is 8.76. The van der Waals surface area contributed by atoms with Crippen molar-refractivity contribution in [3.63, 3.8) is 0 Å². The fourth-order valence-electron chi connectivity index (χ4n) is 3.86. The lowest BCUT2D eigenvalue weighted by Crippen LogP contribution is -2.47. The Balaban J connectivity index is 1.66. The quantitative estimate of drug-likeness (QED) is 0.591. The highest BCUT2D eigenvalue weighted by molar-refractivity contribution is 7.89. The minimum atomic E-state index is -3.56. The first kappa shape index (κ1) is 25.7. The van der Waals surface area contributed by atoms with E-state index >= 15 is 0 Å². The van der Waals surface area contributed by atoms with Gasteiger partial charge in [0.25, 0.3) is 5.91 Å². The average molecular weight is 488 g/mol. The molecule has 2 N–H and O–H groups in total. The highest BCUT2D eigenvalue weighted by atomic mass is 32.2. The maximum Gasteiger partial charge on any atom is 0.251 e. The van der Waals surface area contributed by atoms with Crippen molar-refractivity contribution < 1.29 is 22.7 Å². The molecule has 3 rings (SSSR count). The van der Waals surface area contributed by atoms with Crippen LogP contribution in [0.5, 0.6) is 5.75 Å². The minimum Gasteiger partial charge on any atom is -0.497 e. The van der Waals surface area contributed by atoms with E-state index in [4.69, 9.17) is 4.74 Å². The van der Waals surface area contributed by atoms with Gasteiger partial charge in [0.15, 0.2) is 0 Å². The number of benzene rings is 2. The van der Waals surface area contributed by atoms with Gasteiger partial charge in [-0.1, -0.05) is 26.7 Å². The molecule has 0 aromatic heterocycles. The first-order chi connectivity index (χ1) is 16.2. The van der Waals surface area contributed by atoms with Gasteiger partial charge >= 0.3 is 0 Å². The van der Waals surface area contributed by atoms with Crippen LogP contribution in [0.15, 0.2) is 53.4 Å². The molecule has 8 nitrogen and oxygen atoms in total. The van der Waals surface area contributed by atoms with Gasteiger partial charge in [-0.3, -0.25) is 9.59 Å². The molecule has 2 aromatic carbocycles. The zero-order valence-electron chi connectivity index (χ0n) is 19.9. The molecule has 0 aliphatic carbocycles. The van der Waals surface area contributed by atoms with Crippen LogP contribution in [0.4, 0.5) is 5.69 Å². The minimum absolute atomic E-state index is 0.162. The molecule has 1 heterocycles. The summed E-state index contributed by atoms with van der Waals surface area (Å²) in [6.07, 6.45) is 3.82. The van der Waals surface area contributed by atoms with Crippen LogP contribution in [0.25, 0.3) is 0 Å². The van der Waals surface area contributed by atoms with Crippen LogP contribution >= 0.6 is 0 Å². The number of hydrogen-bond acceptors (Lipinski definition) is 5. The number of methoxy groups -OCH3 is 1. The maximum atomic E-state index is 13.0. The molecule has 2 amide bonds. The van der Waals surface area contributed by atoms with Crippen molar-refractivity contribution in [2.45, 2.75) is 50.5 Å². The molecule has 9 heteroatoms. The topological polar surface area (TPSA) is 105 Å². The second-order valence-corrected chi connectivity index (χ2v) is 10.7. The van der Waals surface area contributed by atoms with E-state index < -0.39 is 16.1 Å². The predicted octanol–water partition coefficient (Wildman–Crippen LogP) is 3.65. The Hall–Kier alpha value is -2.91. The fraction of sp³-hybridized carbons (Fsp3) is 0.440. The summed E-state index contributed by atoms with van der Waals surface area (Å²) in [6.45, 7) is 4.75. The highest BCUT2D eigenvalue weighted by Gasteiger charge is 2.27. The van der Waals surface area contributed by atoms with E-state index in [9.17, 15) is 18.0 Å². The summed E-state index contributed by atoms with van der Waals surface area (Å²) in [4.78, 5) is 25.8. The normalized spacial score (nSPS) is 15.9. The first-order valence-corrected chi connectivity index (χ1v) is 13.0. The third-order valence-corrected chi connectivity index (χ3v) is 7.83. The van der Waals surface area contributed by atoms with Crippen LogP contribution in [0.1, 0.15) is 49.9 Å². The SMILES string of the molecule is COc1ccc(C(=O)NC(C(=O)Nc2ccc(S(=O)(=O)N3CCCCCC3)cc2)C(C)C)cc1. The number of rotatable bonds is 8. The third-order valence-electron chi connectivity index (χ3n) is 5.91. The number of carbonyl (C=O) groups is 2. The third kappa shape index (κ3) is 6.36. The highest BCUT2D eigenvalue weighted by Crippen LogP contribution is 2.22. The summed E-state index contributed by atoms with van der Waals surface area (Å²) in [5.41, 5.74) is 0.881. The van der Waals surface area contributed by atoms with Crippen LogP contribution in [-0.4, -0.2) is 50.8 Å². The van der Waals surface area contributed by atoms with Gasteiger partial charge in [0.05, 0.1) is 12.0 Å². The van der Waals surface area contributed by atoms with E-state index in [1.54, 1.807) is 43.5 Å². The Morgan fingerprint density at radius 1 is 0.912 bits per heavy atom. The monoisotopic (exact) mass is 487 g/mol. The molecule has 2 aromatic rings. The van der Waals surface area contributed by atoms with E-state index in [-0.39, 0.29) is 22.6 Å². The smallest absolute Gasteiger partial charge is 0.251 e. The maximum absolute atomic E-state index is 13.0. The molecular formula is C25H33N3O5S. The number of nitrogens with zero attached hydrogens (tertiary/aromatic N) is 1. The summed E-state index contributed by atoms with van der Waals surface area (Å²) in [7, 11) is -2.01. The summed E-state index contributed by atoms with van der Waals surface area (Å²) < 4.78 is 32.5. The molecule has 0 spiro atoms. The Morgan fingerprint density at radius 3 is 2.03 bits per heavy atom. The van der Waals surface area contributed by atoms with Gasteiger partial charge in [-0.25, -0.2) is 8.42 Å². The van der Waals surface area contributed by atoms with E-state index in [1.807, 2.05) is 13.8 Å². The molecule has 34 heavy (non-hydrogen) atoms. The molecular weight excluding hydrogens is 454 g/mol. The lowest BCUT2D eigenvalue weighted by molar-refractivity contribution is -0.118. The molecule has 1 unspecified atom stereocenters. The molecule has 1 saturated heterocycles. The molecule has 0 radical (unpaired) electrons. The molecule has 1 aliphatic heterocycles. The molecule has 1 atom stereocenters. The molecule has 0 bridgehead atoms. The Labute approximate surface area is 201 Å². The lowest BCUT2D eigenvalue weighted by atomic mass is 10.0. The number of anilines is 1. The van der Waals surface area contributed by atoms with Gasteiger partial charge in [0.1, 0.15) is 11.8 Å². The predicted molar refractivity (Wildman–Crippen MR) is 131 cm³/mol. The molecule has 0 saturated carbocycles. The zero-order valence-corrected chi connectivity index (χ0v) is 20.7. The van der Waals surface area contributed by atoms with Crippen LogP contribution < -0.4 is 15.4 Å². The Kier molecular flexibility index (Phi) is 8.68. The molecule has 184 valence electrons. The Bertz CT molecular complexity index is 1070. The summed E-state index contributed by atoms with van der Waals surface area (Å²) in [5, 5.41) is 5.57. The van der Waals surface area contributed by atoms with Crippen LogP contribution in [-0.2, 0) is 14.8 Å². The number of nitrogens with one attached hydrogen (secondary N) is 2. The van der Waals surface area contributed by atoms with Crippen molar-refractivity contribution in [1.82, 2.24) is 9.62 Å². The fourth-order valence-corrected chi connectivity index (χ4v) is 5.38. The van der Waals surface area contributed by atoms with E-state index in [0.717, 1.165) is 25.7 Å². The first-order valence-electron chi connectivity index (χ1n) is 11.6. The van der Waals surface area contributed by atoms with E-state index in [0.29, 0.717) is 30.1 Å². The largest absolute Gasteiger partial charge is 0.497 e. The number of ether oxygens (including phenoxy) is 1. The Morgan fingerprint density at radius 2 is 1.50 bits per heavy atom. The van der Waals surface area contributed by atoms with Crippen LogP contribution in [0.2, 0.25) is 0 Å². The van der Waals surface area contributed by atoms with Crippen molar-refractivity contribution in [2.75, 3.05) is 25.5 Å². The number of carbonyl (C=O) groups excluding carboxylic acids is 2. The summed E-state index contributed by atoms with van der Waals surface area (Å²) in [5.74, 6) is -0.267. The van der Waals surface area contributed by atoms with E-state index in [2.05, 4.69) is 10.6 Å². The molecule has 1 aliphatic rings.